The lowest BCUT2D eigenvalue weighted by Gasteiger charge is -2.37. The number of hydrogen-bond acceptors (Lipinski definition) is 2. The maximum atomic E-state index is 12.6. The standard InChI is InChI=1S/C18H26N2O2/c1-12(2)13-7-9-18(3,10-8-13)17(22)20-15-6-4-5-14(11-15)16(19)21/h4-6,11-13H,7-10H2,1-3H3,(H2,19,21)(H,20,22). The zero-order valence-corrected chi connectivity index (χ0v) is 13.7. The van der Waals surface area contributed by atoms with Gasteiger partial charge < -0.3 is 11.1 Å². The van der Waals surface area contributed by atoms with Gasteiger partial charge in [0.1, 0.15) is 0 Å². The van der Waals surface area contributed by atoms with Crippen molar-refractivity contribution in [1.29, 1.82) is 0 Å². The van der Waals surface area contributed by atoms with E-state index in [2.05, 4.69) is 19.2 Å². The normalized spacial score (nSPS) is 25.0. The second kappa shape index (κ2) is 6.51. The van der Waals surface area contributed by atoms with Crippen molar-refractivity contribution in [1.82, 2.24) is 0 Å². The van der Waals surface area contributed by atoms with Crippen molar-refractivity contribution >= 4 is 17.5 Å². The molecule has 0 atom stereocenters. The fraction of sp³-hybridized carbons (Fsp3) is 0.556. The Morgan fingerprint density at radius 3 is 2.45 bits per heavy atom. The van der Waals surface area contributed by atoms with E-state index in [0.717, 1.165) is 31.6 Å². The largest absolute Gasteiger partial charge is 0.366 e. The van der Waals surface area contributed by atoms with Crippen LogP contribution in [0.15, 0.2) is 24.3 Å². The summed E-state index contributed by atoms with van der Waals surface area (Å²) in [6.45, 7) is 6.54. The zero-order chi connectivity index (χ0) is 16.3. The van der Waals surface area contributed by atoms with Crippen LogP contribution in [0, 0.1) is 17.3 Å². The van der Waals surface area contributed by atoms with Gasteiger partial charge in [-0.3, -0.25) is 9.59 Å². The smallest absolute Gasteiger partial charge is 0.248 e. The molecular weight excluding hydrogens is 276 g/mol. The van der Waals surface area contributed by atoms with Crippen molar-refractivity contribution in [3.63, 3.8) is 0 Å². The Morgan fingerprint density at radius 2 is 1.91 bits per heavy atom. The predicted molar refractivity (Wildman–Crippen MR) is 88.5 cm³/mol. The summed E-state index contributed by atoms with van der Waals surface area (Å²) in [4.78, 5) is 23.8. The molecule has 0 aromatic heterocycles. The van der Waals surface area contributed by atoms with Crippen molar-refractivity contribution in [3.05, 3.63) is 29.8 Å². The third kappa shape index (κ3) is 3.67. The average molecular weight is 302 g/mol. The second-order valence-electron chi connectivity index (χ2n) is 7.04. The third-order valence-electron chi connectivity index (χ3n) is 5.03. The average Bonchev–Trinajstić information content (AvgIpc) is 2.48. The van der Waals surface area contributed by atoms with Crippen LogP contribution >= 0.6 is 0 Å². The third-order valence-corrected chi connectivity index (χ3v) is 5.03. The molecule has 22 heavy (non-hydrogen) atoms. The van der Waals surface area contributed by atoms with Gasteiger partial charge >= 0.3 is 0 Å². The number of nitrogens with one attached hydrogen (secondary N) is 1. The van der Waals surface area contributed by atoms with E-state index in [4.69, 9.17) is 5.73 Å². The zero-order valence-electron chi connectivity index (χ0n) is 13.7. The van der Waals surface area contributed by atoms with Crippen molar-refractivity contribution in [3.8, 4) is 0 Å². The molecule has 120 valence electrons. The van der Waals surface area contributed by atoms with Crippen LogP contribution in [0.2, 0.25) is 0 Å². The molecule has 0 spiro atoms. The van der Waals surface area contributed by atoms with E-state index in [1.54, 1.807) is 24.3 Å². The van der Waals surface area contributed by atoms with Gasteiger partial charge in [-0.05, 0) is 55.7 Å². The molecule has 2 amide bonds. The fourth-order valence-electron chi connectivity index (χ4n) is 3.20. The van der Waals surface area contributed by atoms with Gasteiger partial charge in [0, 0.05) is 16.7 Å². The summed E-state index contributed by atoms with van der Waals surface area (Å²) >= 11 is 0. The maximum Gasteiger partial charge on any atom is 0.248 e. The van der Waals surface area contributed by atoms with Crippen molar-refractivity contribution in [2.24, 2.45) is 23.0 Å². The van der Waals surface area contributed by atoms with E-state index in [1.807, 2.05) is 6.92 Å². The van der Waals surface area contributed by atoms with Crippen LogP contribution in [0.25, 0.3) is 0 Å². The molecule has 0 aliphatic heterocycles. The lowest BCUT2D eigenvalue weighted by atomic mass is 9.68. The van der Waals surface area contributed by atoms with E-state index >= 15 is 0 Å². The van der Waals surface area contributed by atoms with Crippen molar-refractivity contribution < 1.29 is 9.59 Å². The Morgan fingerprint density at radius 1 is 1.27 bits per heavy atom. The molecule has 2 rings (SSSR count). The molecule has 3 N–H and O–H groups in total. The highest BCUT2D eigenvalue weighted by Crippen LogP contribution is 2.41. The number of amides is 2. The lowest BCUT2D eigenvalue weighted by molar-refractivity contribution is -0.127. The highest BCUT2D eigenvalue weighted by molar-refractivity contribution is 5.98. The first-order chi connectivity index (χ1) is 10.3. The summed E-state index contributed by atoms with van der Waals surface area (Å²) in [7, 11) is 0. The minimum atomic E-state index is -0.486. The monoisotopic (exact) mass is 302 g/mol. The SMILES string of the molecule is CC(C)C1CCC(C)(C(=O)Nc2cccc(C(N)=O)c2)CC1. The van der Waals surface area contributed by atoms with E-state index in [-0.39, 0.29) is 11.3 Å². The first-order valence-electron chi connectivity index (χ1n) is 8.03. The molecular formula is C18H26N2O2. The van der Waals surface area contributed by atoms with Crippen LogP contribution < -0.4 is 11.1 Å². The number of hydrogen-bond donors (Lipinski definition) is 2. The topological polar surface area (TPSA) is 72.2 Å². The van der Waals surface area contributed by atoms with Gasteiger partial charge in [0.15, 0.2) is 0 Å². The van der Waals surface area contributed by atoms with Crippen molar-refractivity contribution in [2.75, 3.05) is 5.32 Å². The maximum absolute atomic E-state index is 12.6. The minimum absolute atomic E-state index is 0.0383. The molecule has 1 fully saturated rings. The van der Waals surface area contributed by atoms with Gasteiger partial charge in [-0.2, -0.15) is 0 Å². The molecule has 0 unspecified atom stereocenters. The number of benzene rings is 1. The number of carbonyl (C=O) groups is 2. The highest BCUT2D eigenvalue weighted by Gasteiger charge is 2.38. The summed E-state index contributed by atoms with van der Waals surface area (Å²) in [6.07, 6.45) is 4.03. The van der Waals surface area contributed by atoms with Gasteiger partial charge in [-0.25, -0.2) is 0 Å². The molecule has 1 aromatic rings. The summed E-state index contributed by atoms with van der Waals surface area (Å²) in [5, 5.41) is 2.94. The number of nitrogens with two attached hydrogens (primary N) is 1. The molecule has 1 saturated carbocycles. The van der Waals surface area contributed by atoms with Gasteiger partial charge in [0.25, 0.3) is 0 Å². The van der Waals surface area contributed by atoms with Gasteiger partial charge in [-0.15, -0.1) is 0 Å². The quantitative estimate of drug-likeness (QED) is 0.892. The molecule has 0 saturated heterocycles. The number of rotatable bonds is 4. The number of anilines is 1. The first kappa shape index (κ1) is 16.5. The van der Waals surface area contributed by atoms with Gasteiger partial charge in [-0.1, -0.05) is 26.8 Å². The summed E-state index contributed by atoms with van der Waals surface area (Å²) in [5.41, 5.74) is 5.99. The van der Waals surface area contributed by atoms with Crippen molar-refractivity contribution in [2.45, 2.75) is 46.5 Å². The first-order valence-corrected chi connectivity index (χ1v) is 8.03. The second-order valence-corrected chi connectivity index (χ2v) is 7.04. The summed E-state index contributed by atoms with van der Waals surface area (Å²) in [6, 6.07) is 6.79. The molecule has 1 aliphatic rings. The Bertz CT molecular complexity index is 558. The molecule has 4 nitrogen and oxygen atoms in total. The van der Waals surface area contributed by atoms with Crippen LogP contribution in [-0.2, 0) is 4.79 Å². The fourth-order valence-corrected chi connectivity index (χ4v) is 3.20. The van der Waals surface area contributed by atoms with E-state index < -0.39 is 5.91 Å². The molecule has 0 radical (unpaired) electrons. The lowest BCUT2D eigenvalue weighted by Crippen LogP contribution is -2.37. The van der Waals surface area contributed by atoms with Crippen LogP contribution in [-0.4, -0.2) is 11.8 Å². The minimum Gasteiger partial charge on any atom is -0.366 e. The van der Waals surface area contributed by atoms with Crippen LogP contribution in [0.1, 0.15) is 56.8 Å². The molecule has 4 heteroatoms. The Hall–Kier alpha value is -1.84. The Balaban J connectivity index is 2.03. The Labute approximate surface area is 132 Å². The number of carbonyl (C=O) groups excluding carboxylic acids is 2. The molecule has 1 aromatic carbocycles. The highest BCUT2D eigenvalue weighted by atomic mass is 16.2. The molecule has 0 bridgehead atoms. The van der Waals surface area contributed by atoms with Crippen LogP contribution in [0.3, 0.4) is 0 Å². The van der Waals surface area contributed by atoms with E-state index in [9.17, 15) is 9.59 Å². The predicted octanol–water partition coefficient (Wildman–Crippen LogP) is 3.58. The number of primary amides is 1. The summed E-state index contributed by atoms with van der Waals surface area (Å²) < 4.78 is 0. The molecule has 0 heterocycles. The summed E-state index contributed by atoms with van der Waals surface area (Å²) in [5.74, 6) is 0.954. The van der Waals surface area contributed by atoms with E-state index in [0.29, 0.717) is 17.2 Å². The van der Waals surface area contributed by atoms with Crippen LogP contribution in [0.5, 0.6) is 0 Å². The van der Waals surface area contributed by atoms with Crippen LogP contribution in [0.4, 0.5) is 5.69 Å². The van der Waals surface area contributed by atoms with E-state index in [1.165, 1.54) is 0 Å². The van der Waals surface area contributed by atoms with Gasteiger partial charge in [0.2, 0.25) is 11.8 Å². The molecule has 1 aliphatic carbocycles. The van der Waals surface area contributed by atoms with Gasteiger partial charge in [0.05, 0.1) is 0 Å². The Kier molecular flexibility index (Phi) is 4.89.